The summed E-state index contributed by atoms with van der Waals surface area (Å²) in [7, 11) is -3.75. The quantitative estimate of drug-likeness (QED) is 0.694. The van der Waals surface area contributed by atoms with Crippen LogP contribution in [0, 0.1) is 0 Å². The van der Waals surface area contributed by atoms with E-state index >= 15 is 0 Å². The first-order valence-electron chi connectivity index (χ1n) is 8.76. The molecule has 1 aromatic heterocycles. The van der Waals surface area contributed by atoms with Crippen molar-refractivity contribution in [2.75, 3.05) is 37.6 Å². The van der Waals surface area contributed by atoms with Crippen LogP contribution in [0.4, 0.5) is 5.82 Å². The van der Waals surface area contributed by atoms with Gasteiger partial charge in [-0.2, -0.15) is 0 Å². The Hall–Kier alpha value is -1.87. The Morgan fingerprint density at radius 1 is 1.04 bits per heavy atom. The molecule has 3 rings (SSSR count). The summed E-state index contributed by atoms with van der Waals surface area (Å²) in [5.41, 5.74) is 0. The fourth-order valence-electron chi connectivity index (χ4n) is 2.95. The van der Waals surface area contributed by atoms with Gasteiger partial charge in [-0.05, 0) is 24.3 Å². The van der Waals surface area contributed by atoms with Gasteiger partial charge in [0, 0.05) is 39.1 Å². The van der Waals surface area contributed by atoms with Gasteiger partial charge in [0.2, 0.25) is 15.9 Å². The third-order valence-corrected chi connectivity index (χ3v) is 6.59. The van der Waals surface area contributed by atoms with Gasteiger partial charge < -0.3 is 9.80 Å². The zero-order valence-corrected chi connectivity index (χ0v) is 17.3. The van der Waals surface area contributed by atoms with Gasteiger partial charge in [0.15, 0.2) is 0 Å². The van der Waals surface area contributed by atoms with Crippen LogP contribution < -0.4 is 9.62 Å². The number of amides is 1. The minimum atomic E-state index is -3.75. The number of carbonyl (C=O) groups excluding carboxylic acids is 1. The van der Waals surface area contributed by atoms with Crippen LogP contribution in [0.1, 0.15) is 6.42 Å². The summed E-state index contributed by atoms with van der Waals surface area (Å²) >= 11 is 11.9. The summed E-state index contributed by atoms with van der Waals surface area (Å²) in [6, 6.07) is 11.6. The summed E-state index contributed by atoms with van der Waals surface area (Å²) in [6.07, 6.45) is 0.0824. The van der Waals surface area contributed by atoms with E-state index in [4.69, 9.17) is 23.2 Å². The van der Waals surface area contributed by atoms with Gasteiger partial charge in [0.1, 0.15) is 15.9 Å². The number of rotatable bonds is 6. The van der Waals surface area contributed by atoms with Crippen molar-refractivity contribution in [3.8, 4) is 0 Å². The molecule has 0 saturated carbocycles. The zero-order valence-electron chi connectivity index (χ0n) is 15.0. The number of benzene rings is 1. The number of carbonyl (C=O) groups is 1. The molecule has 7 nitrogen and oxygen atoms in total. The Labute approximate surface area is 174 Å². The molecule has 2 aromatic rings. The molecule has 1 aliphatic rings. The van der Waals surface area contributed by atoms with E-state index in [0.717, 1.165) is 5.82 Å². The molecule has 1 amide bonds. The third kappa shape index (κ3) is 5.14. The summed E-state index contributed by atoms with van der Waals surface area (Å²) in [6.45, 7) is 2.39. The SMILES string of the molecule is O=C(CCNS(=O)(=O)c1ccccc1Cl)N1CCN(c2cccc(Cl)n2)CC1. The molecule has 0 unspecified atom stereocenters. The first kappa shape index (κ1) is 20.9. The van der Waals surface area contributed by atoms with Crippen LogP contribution in [0.3, 0.4) is 0 Å². The second-order valence-electron chi connectivity index (χ2n) is 6.26. The Balaban J connectivity index is 1.48. The van der Waals surface area contributed by atoms with Crippen LogP contribution in [-0.2, 0) is 14.8 Å². The molecule has 150 valence electrons. The van der Waals surface area contributed by atoms with E-state index in [2.05, 4.69) is 14.6 Å². The maximum Gasteiger partial charge on any atom is 0.242 e. The maximum atomic E-state index is 12.4. The van der Waals surface area contributed by atoms with Gasteiger partial charge in [0.05, 0.1) is 5.02 Å². The summed E-state index contributed by atoms with van der Waals surface area (Å²) in [5.74, 6) is 0.688. The lowest BCUT2D eigenvalue weighted by atomic mass is 10.2. The normalized spacial score (nSPS) is 14.9. The molecule has 2 heterocycles. The highest BCUT2D eigenvalue weighted by Gasteiger charge is 2.23. The Bertz CT molecular complexity index is 947. The summed E-state index contributed by atoms with van der Waals surface area (Å²) < 4.78 is 27.0. The lowest BCUT2D eigenvalue weighted by Crippen LogP contribution is -2.49. The van der Waals surface area contributed by atoms with Crippen molar-refractivity contribution < 1.29 is 13.2 Å². The number of sulfonamides is 1. The van der Waals surface area contributed by atoms with Gasteiger partial charge in [0.25, 0.3) is 0 Å². The van der Waals surface area contributed by atoms with E-state index in [0.29, 0.717) is 31.3 Å². The first-order valence-corrected chi connectivity index (χ1v) is 11.0. The third-order valence-electron chi connectivity index (χ3n) is 4.41. The molecule has 0 aliphatic carbocycles. The van der Waals surface area contributed by atoms with Crippen LogP contribution in [0.2, 0.25) is 10.2 Å². The maximum absolute atomic E-state index is 12.4. The van der Waals surface area contributed by atoms with Crippen molar-refractivity contribution in [3.63, 3.8) is 0 Å². The largest absolute Gasteiger partial charge is 0.353 e. The molecule has 0 spiro atoms. The number of aromatic nitrogens is 1. The van der Waals surface area contributed by atoms with E-state index in [1.807, 2.05) is 12.1 Å². The Kier molecular flexibility index (Phi) is 6.77. The second kappa shape index (κ2) is 9.09. The number of nitrogens with one attached hydrogen (secondary N) is 1. The number of hydrogen-bond donors (Lipinski definition) is 1. The average Bonchev–Trinajstić information content (AvgIpc) is 2.68. The number of piperazine rings is 1. The summed E-state index contributed by atoms with van der Waals surface area (Å²) in [5, 5.41) is 0.578. The van der Waals surface area contributed by atoms with Gasteiger partial charge in [-0.15, -0.1) is 0 Å². The Morgan fingerprint density at radius 2 is 1.75 bits per heavy atom. The van der Waals surface area contributed by atoms with Crippen molar-refractivity contribution in [3.05, 3.63) is 52.6 Å². The fraction of sp³-hybridized carbons (Fsp3) is 0.333. The van der Waals surface area contributed by atoms with Crippen molar-refractivity contribution in [2.45, 2.75) is 11.3 Å². The minimum Gasteiger partial charge on any atom is -0.353 e. The van der Waals surface area contributed by atoms with Gasteiger partial charge in [-0.25, -0.2) is 18.1 Å². The molecule has 1 aliphatic heterocycles. The van der Waals surface area contributed by atoms with Crippen molar-refractivity contribution in [1.82, 2.24) is 14.6 Å². The van der Waals surface area contributed by atoms with Crippen LogP contribution in [-0.4, -0.2) is 56.9 Å². The minimum absolute atomic E-state index is 0.00625. The van der Waals surface area contributed by atoms with E-state index in [1.54, 1.807) is 23.1 Å². The zero-order chi connectivity index (χ0) is 20.1. The number of nitrogens with zero attached hydrogens (tertiary/aromatic N) is 3. The van der Waals surface area contributed by atoms with Crippen molar-refractivity contribution in [2.24, 2.45) is 0 Å². The van der Waals surface area contributed by atoms with Crippen LogP contribution in [0.15, 0.2) is 47.4 Å². The molecule has 0 radical (unpaired) electrons. The number of pyridine rings is 1. The fourth-order valence-corrected chi connectivity index (χ4v) is 4.66. The van der Waals surface area contributed by atoms with Crippen molar-refractivity contribution >= 4 is 45.0 Å². The number of hydrogen-bond acceptors (Lipinski definition) is 5. The Morgan fingerprint density at radius 3 is 2.43 bits per heavy atom. The smallest absolute Gasteiger partial charge is 0.242 e. The topological polar surface area (TPSA) is 82.6 Å². The molecule has 0 atom stereocenters. The van der Waals surface area contributed by atoms with Crippen LogP contribution in [0.5, 0.6) is 0 Å². The van der Waals surface area contributed by atoms with E-state index in [9.17, 15) is 13.2 Å². The molecule has 28 heavy (non-hydrogen) atoms. The highest BCUT2D eigenvalue weighted by atomic mass is 35.5. The second-order valence-corrected chi connectivity index (χ2v) is 8.79. The molecule has 1 fully saturated rings. The van der Waals surface area contributed by atoms with E-state index in [-0.39, 0.29) is 28.8 Å². The molecule has 1 aromatic carbocycles. The molecule has 1 N–H and O–H groups in total. The standard InChI is InChI=1S/C18H20Cl2N4O3S/c19-14-4-1-2-5-15(14)28(26,27)21-9-8-18(25)24-12-10-23(11-13-24)17-7-3-6-16(20)22-17/h1-7,21H,8-13H2. The molecular weight excluding hydrogens is 423 g/mol. The predicted octanol–water partition coefficient (Wildman–Crippen LogP) is 2.41. The lowest BCUT2D eigenvalue weighted by Gasteiger charge is -2.35. The first-order chi connectivity index (χ1) is 13.4. The average molecular weight is 443 g/mol. The van der Waals surface area contributed by atoms with E-state index < -0.39 is 10.0 Å². The molecular formula is C18H20Cl2N4O3S. The van der Waals surface area contributed by atoms with Crippen LogP contribution >= 0.6 is 23.2 Å². The lowest BCUT2D eigenvalue weighted by molar-refractivity contribution is -0.131. The monoisotopic (exact) mass is 442 g/mol. The molecule has 10 heteroatoms. The van der Waals surface area contributed by atoms with Gasteiger partial charge in [-0.1, -0.05) is 41.4 Å². The molecule has 1 saturated heterocycles. The molecule has 0 bridgehead atoms. The van der Waals surface area contributed by atoms with E-state index in [1.165, 1.54) is 12.1 Å². The highest BCUT2D eigenvalue weighted by Crippen LogP contribution is 2.20. The van der Waals surface area contributed by atoms with Crippen LogP contribution in [0.25, 0.3) is 0 Å². The van der Waals surface area contributed by atoms with Crippen molar-refractivity contribution in [1.29, 1.82) is 0 Å². The van der Waals surface area contributed by atoms with Gasteiger partial charge >= 0.3 is 0 Å². The van der Waals surface area contributed by atoms with Gasteiger partial charge in [-0.3, -0.25) is 4.79 Å². The summed E-state index contributed by atoms with van der Waals surface area (Å²) in [4.78, 5) is 20.5. The number of anilines is 1. The predicted molar refractivity (Wildman–Crippen MR) is 109 cm³/mol. The number of halogens is 2. The highest BCUT2D eigenvalue weighted by molar-refractivity contribution is 7.89.